The number of nitro groups is 2. The normalized spacial score (nSPS) is 11.5. The van der Waals surface area contributed by atoms with Gasteiger partial charge < -0.3 is 0 Å². The van der Waals surface area contributed by atoms with E-state index in [0.29, 0.717) is 11.4 Å². The molecule has 2 aromatic rings. The number of nitrogens with one attached hydrogen (secondary N) is 1. The van der Waals surface area contributed by atoms with Crippen LogP contribution in [0.4, 0.5) is 17.1 Å². The highest BCUT2D eigenvalue weighted by atomic mass is 35.5. The average molecular weight is 559 g/mol. The Morgan fingerprint density at radius 1 is 0.744 bits per heavy atom. The maximum Gasteiger partial charge on any atom is 0.301 e. The quantitative estimate of drug-likeness (QED) is 0.0708. The van der Waals surface area contributed by atoms with Crippen molar-refractivity contribution in [2.24, 2.45) is 5.10 Å². The number of unbranched alkanes of at least 4 members (excludes halogenated alkanes) is 14. The van der Waals surface area contributed by atoms with Gasteiger partial charge >= 0.3 is 5.69 Å². The summed E-state index contributed by atoms with van der Waals surface area (Å²) in [5.74, 6) is 0. The number of benzene rings is 2. The molecule has 0 aliphatic rings. The zero-order valence-corrected chi connectivity index (χ0v) is 24.0. The highest BCUT2D eigenvalue weighted by Crippen LogP contribution is 2.29. The van der Waals surface area contributed by atoms with E-state index in [1.54, 1.807) is 12.1 Å². The molecule has 214 valence electrons. The van der Waals surface area contributed by atoms with Crippen LogP contribution in [-0.2, 0) is 0 Å². The van der Waals surface area contributed by atoms with Crippen molar-refractivity contribution >= 4 is 34.4 Å². The molecular weight excluding hydrogens is 516 g/mol. The molecule has 2 rings (SSSR count). The first kappa shape index (κ1) is 32.2. The van der Waals surface area contributed by atoms with Crippen LogP contribution in [0, 0.1) is 20.2 Å². The molecule has 0 unspecified atom stereocenters. The van der Waals surface area contributed by atoms with Crippen molar-refractivity contribution in [3.8, 4) is 0 Å². The van der Waals surface area contributed by atoms with Gasteiger partial charge in [0.25, 0.3) is 5.69 Å². The lowest BCUT2D eigenvalue weighted by molar-refractivity contribution is -0.393. The summed E-state index contributed by atoms with van der Waals surface area (Å²) in [5.41, 5.74) is 3.77. The van der Waals surface area contributed by atoms with Crippen molar-refractivity contribution in [1.29, 1.82) is 0 Å². The van der Waals surface area contributed by atoms with E-state index in [2.05, 4.69) is 17.5 Å². The van der Waals surface area contributed by atoms with E-state index in [1.807, 2.05) is 12.1 Å². The van der Waals surface area contributed by atoms with E-state index in [1.165, 1.54) is 95.6 Å². The molecule has 2 aromatic carbocycles. The molecule has 0 fully saturated rings. The average Bonchev–Trinajstić information content (AvgIpc) is 2.92. The van der Waals surface area contributed by atoms with Crippen LogP contribution in [0.3, 0.4) is 0 Å². The molecular formula is C30H43ClN4O4. The summed E-state index contributed by atoms with van der Waals surface area (Å²) >= 11 is 6.05. The second-order valence-corrected chi connectivity index (χ2v) is 10.5. The van der Waals surface area contributed by atoms with E-state index in [9.17, 15) is 20.2 Å². The van der Waals surface area contributed by atoms with Gasteiger partial charge in [-0.25, -0.2) is 0 Å². The Morgan fingerprint density at radius 2 is 1.26 bits per heavy atom. The fraction of sp³-hybridized carbons (Fsp3) is 0.567. The molecule has 8 nitrogen and oxygen atoms in total. The maximum absolute atomic E-state index is 11.5. The largest absolute Gasteiger partial charge is 0.301 e. The maximum atomic E-state index is 11.5. The molecule has 0 aliphatic carbocycles. The van der Waals surface area contributed by atoms with Crippen molar-refractivity contribution in [3.05, 3.63) is 73.3 Å². The Morgan fingerprint density at radius 3 is 1.74 bits per heavy atom. The lowest BCUT2D eigenvalue weighted by atomic mass is 10.0. The number of rotatable bonds is 21. The second kappa shape index (κ2) is 19.1. The SMILES string of the molecule is CCCCCCCCCCCCCCCCC/C(=N/Nc1ccc([N+](=O)[O-])cc1[N+](=O)[O-])c1ccc(Cl)cc1. The van der Waals surface area contributed by atoms with Crippen LogP contribution in [0.1, 0.15) is 115 Å². The van der Waals surface area contributed by atoms with Gasteiger partial charge in [-0.1, -0.05) is 121 Å². The molecule has 0 atom stereocenters. The lowest BCUT2D eigenvalue weighted by Crippen LogP contribution is -2.06. The van der Waals surface area contributed by atoms with Gasteiger partial charge in [-0.3, -0.25) is 25.7 Å². The molecule has 0 saturated heterocycles. The summed E-state index contributed by atoms with van der Waals surface area (Å²) in [6.07, 6.45) is 20.0. The summed E-state index contributed by atoms with van der Waals surface area (Å²) in [6.45, 7) is 2.26. The Bertz CT molecular complexity index is 1040. The number of hydrogen-bond acceptors (Lipinski definition) is 6. The number of hydrazone groups is 1. The van der Waals surface area contributed by atoms with Gasteiger partial charge in [0.1, 0.15) is 5.69 Å². The van der Waals surface area contributed by atoms with Crippen LogP contribution in [0.5, 0.6) is 0 Å². The minimum absolute atomic E-state index is 0.105. The summed E-state index contributed by atoms with van der Waals surface area (Å²) < 4.78 is 0. The Balaban J connectivity index is 1.78. The van der Waals surface area contributed by atoms with Crippen molar-refractivity contribution in [2.45, 2.75) is 110 Å². The predicted octanol–water partition coefficient (Wildman–Crippen LogP) is 10.2. The summed E-state index contributed by atoms with van der Waals surface area (Å²) in [7, 11) is 0. The molecule has 0 heterocycles. The Labute approximate surface area is 237 Å². The molecule has 0 spiro atoms. The van der Waals surface area contributed by atoms with Crippen LogP contribution >= 0.6 is 11.6 Å². The molecule has 0 aromatic heterocycles. The van der Waals surface area contributed by atoms with Gasteiger partial charge in [-0.15, -0.1) is 0 Å². The first-order valence-electron chi connectivity index (χ1n) is 14.4. The number of non-ortho nitro benzene ring substituents is 1. The summed E-state index contributed by atoms with van der Waals surface area (Å²) in [5, 5.41) is 27.5. The molecule has 39 heavy (non-hydrogen) atoms. The zero-order chi connectivity index (χ0) is 28.3. The number of halogens is 1. The van der Waals surface area contributed by atoms with E-state index >= 15 is 0 Å². The van der Waals surface area contributed by atoms with Gasteiger partial charge in [0.2, 0.25) is 0 Å². The van der Waals surface area contributed by atoms with Gasteiger partial charge in [0.05, 0.1) is 21.6 Å². The van der Waals surface area contributed by atoms with Gasteiger partial charge in [-0.2, -0.15) is 5.10 Å². The standard InChI is InChI=1S/C30H43ClN4O4/c1-2-3-4-5-6-7-8-9-10-11-12-13-14-15-16-17-28(25-18-20-26(31)21-19-25)32-33-29-23-22-27(34(36)37)24-30(29)35(38)39/h18-24,33H,2-17H2,1H3/b32-28-. The van der Waals surface area contributed by atoms with Crippen LogP contribution in [0.2, 0.25) is 5.02 Å². The lowest BCUT2D eigenvalue weighted by Gasteiger charge is -2.09. The molecule has 0 saturated carbocycles. The van der Waals surface area contributed by atoms with Crippen molar-refractivity contribution in [1.82, 2.24) is 0 Å². The monoisotopic (exact) mass is 558 g/mol. The predicted molar refractivity (Wildman–Crippen MR) is 161 cm³/mol. The smallest absolute Gasteiger partial charge is 0.271 e. The Kier molecular flexibility index (Phi) is 15.8. The Hall–Kier alpha value is -3.00. The third-order valence-corrected chi connectivity index (χ3v) is 7.15. The first-order chi connectivity index (χ1) is 18.9. The first-order valence-corrected chi connectivity index (χ1v) is 14.8. The third-order valence-electron chi connectivity index (χ3n) is 6.89. The van der Waals surface area contributed by atoms with Crippen LogP contribution < -0.4 is 5.43 Å². The minimum atomic E-state index is -0.657. The molecule has 0 radical (unpaired) electrons. The number of hydrogen-bond donors (Lipinski definition) is 1. The highest BCUT2D eigenvalue weighted by molar-refractivity contribution is 6.30. The molecule has 0 bridgehead atoms. The van der Waals surface area contributed by atoms with Crippen molar-refractivity contribution in [2.75, 3.05) is 5.43 Å². The van der Waals surface area contributed by atoms with E-state index < -0.39 is 15.5 Å². The fourth-order valence-electron chi connectivity index (χ4n) is 4.58. The number of anilines is 1. The molecule has 9 heteroatoms. The summed E-state index contributed by atoms with van der Waals surface area (Å²) in [4.78, 5) is 21.2. The minimum Gasteiger partial charge on any atom is -0.271 e. The van der Waals surface area contributed by atoms with Gasteiger partial charge in [0.15, 0.2) is 0 Å². The molecule has 0 aliphatic heterocycles. The fourth-order valence-corrected chi connectivity index (χ4v) is 4.70. The zero-order valence-electron chi connectivity index (χ0n) is 23.2. The number of nitrogens with zero attached hydrogens (tertiary/aromatic N) is 3. The van der Waals surface area contributed by atoms with Crippen LogP contribution in [0.15, 0.2) is 47.6 Å². The third kappa shape index (κ3) is 13.1. The van der Waals surface area contributed by atoms with Crippen LogP contribution in [0.25, 0.3) is 0 Å². The molecule has 0 amide bonds. The summed E-state index contributed by atoms with van der Waals surface area (Å²) in [6, 6.07) is 10.8. The number of nitro benzene ring substituents is 2. The van der Waals surface area contributed by atoms with E-state index in [0.717, 1.165) is 30.2 Å². The van der Waals surface area contributed by atoms with Crippen molar-refractivity contribution in [3.63, 3.8) is 0 Å². The molecule has 1 N–H and O–H groups in total. The van der Waals surface area contributed by atoms with Crippen molar-refractivity contribution < 1.29 is 9.85 Å². The second-order valence-electron chi connectivity index (χ2n) is 10.1. The van der Waals surface area contributed by atoms with E-state index in [4.69, 9.17) is 11.6 Å². The van der Waals surface area contributed by atoms with E-state index in [-0.39, 0.29) is 11.4 Å². The van der Waals surface area contributed by atoms with Crippen LogP contribution in [-0.4, -0.2) is 15.6 Å². The topological polar surface area (TPSA) is 111 Å². The highest BCUT2D eigenvalue weighted by Gasteiger charge is 2.19. The van der Waals surface area contributed by atoms with Gasteiger partial charge in [-0.05, 0) is 36.6 Å². The van der Waals surface area contributed by atoms with Gasteiger partial charge in [0, 0.05) is 11.1 Å².